The van der Waals surface area contributed by atoms with Crippen molar-refractivity contribution in [3.05, 3.63) is 0 Å². The van der Waals surface area contributed by atoms with Gasteiger partial charge in [-0.1, -0.05) is 20.8 Å². The summed E-state index contributed by atoms with van der Waals surface area (Å²) in [5.74, 6) is -0.0486. The molecule has 0 aliphatic carbocycles. The third-order valence-electron chi connectivity index (χ3n) is 4.73. The Morgan fingerprint density at radius 3 is 2.13 bits per heavy atom. The lowest BCUT2D eigenvalue weighted by molar-refractivity contribution is -0.135. The summed E-state index contributed by atoms with van der Waals surface area (Å²) in [6, 6.07) is 1.17. The Morgan fingerprint density at radius 2 is 1.65 bits per heavy atom. The largest absolute Gasteiger partial charge is 0.519 e. The molecule has 0 aromatic carbocycles. The molecule has 0 spiro atoms. The minimum absolute atomic E-state index is 0.0486. The van der Waals surface area contributed by atoms with Crippen LogP contribution in [0.25, 0.3) is 0 Å². The fourth-order valence-corrected chi connectivity index (χ4v) is 5.03. The first-order chi connectivity index (χ1) is 10.3. The van der Waals surface area contributed by atoms with Crippen LogP contribution in [-0.2, 0) is 13.6 Å². The topological polar surface area (TPSA) is 38.8 Å². The summed E-state index contributed by atoms with van der Waals surface area (Å²) in [6.45, 7) is 19.9. The highest BCUT2D eigenvalue weighted by Crippen LogP contribution is 2.36. The van der Waals surface area contributed by atoms with Gasteiger partial charge in [0.25, 0.3) is 14.3 Å². The van der Waals surface area contributed by atoms with Gasteiger partial charge in [0.1, 0.15) is 0 Å². The molecule has 0 N–H and O–H groups in total. The van der Waals surface area contributed by atoms with Gasteiger partial charge in [0.2, 0.25) is 0 Å². The molecule has 0 saturated carbocycles. The zero-order valence-electron chi connectivity index (χ0n) is 16.9. The summed E-state index contributed by atoms with van der Waals surface area (Å²) in [6.07, 6.45) is 1.61. The molecule has 0 atom stereocenters. The van der Waals surface area contributed by atoms with Gasteiger partial charge in [-0.2, -0.15) is 0 Å². The van der Waals surface area contributed by atoms with Gasteiger partial charge in [0.15, 0.2) is 8.32 Å². The van der Waals surface area contributed by atoms with E-state index in [1.807, 2.05) is 0 Å². The molecule has 0 saturated heterocycles. The lowest BCUT2D eigenvalue weighted by Gasteiger charge is -2.35. The van der Waals surface area contributed by atoms with Gasteiger partial charge in [0, 0.05) is 13.2 Å². The molecule has 138 valence electrons. The van der Waals surface area contributed by atoms with Crippen LogP contribution < -0.4 is 0 Å². The second-order valence-corrected chi connectivity index (χ2v) is 17.6. The van der Waals surface area contributed by atoms with Gasteiger partial charge < -0.3 is 13.8 Å². The number of nitrogens with zero attached hydrogens (tertiary/aromatic N) is 1. The van der Waals surface area contributed by atoms with E-state index in [0.29, 0.717) is 6.42 Å². The summed E-state index contributed by atoms with van der Waals surface area (Å²) < 4.78 is 11.7. The van der Waals surface area contributed by atoms with Gasteiger partial charge in [-0.15, -0.1) is 0 Å². The first-order valence-corrected chi connectivity index (χ1v) is 14.9. The lowest BCUT2D eigenvalue weighted by Crippen LogP contribution is -2.43. The molecule has 0 heterocycles. The van der Waals surface area contributed by atoms with Crippen LogP contribution in [0.15, 0.2) is 0 Å². The van der Waals surface area contributed by atoms with Crippen LogP contribution in [0.4, 0.5) is 0 Å². The van der Waals surface area contributed by atoms with Gasteiger partial charge in [-0.25, -0.2) is 0 Å². The normalized spacial score (nSPS) is 13.5. The van der Waals surface area contributed by atoms with Crippen molar-refractivity contribution < 1.29 is 13.6 Å². The molecule has 0 radical (unpaired) electrons. The quantitative estimate of drug-likeness (QED) is 0.537. The number of hydrogen-bond acceptors (Lipinski definition) is 4. The number of rotatable bonds is 10. The first-order valence-electron chi connectivity index (χ1n) is 8.85. The molecule has 0 aliphatic heterocycles. The fraction of sp³-hybridized carbons (Fsp3) is 0.941. The monoisotopic (exact) mass is 361 g/mol. The molecule has 0 amide bonds. The number of carbonyl (C=O) groups is 1. The van der Waals surface area contributed by atoms with Crippen LogP contribution in [0, 0.1) is 0 Å². The Hall–Kier alpha value is -0.176. The van der Waals surface area contributed by atoms with Crippen molar-refractivity contribution in [2.24, 2.45) is 0 Å². The maximum absolute atomic E-state index is 12.1. The molecular weight excluding hydrogens is 322 g/mol. The molecule has 0 bridgehead atoms. The van der Waals surface area contributed by atoms with Gasteiger partial charge in [-0.05, 0) is 64.2 Å². The molecule has 23 heavy (non-hydrogen) atoms. The number of carbonyl (C=O) groups excluding carboxylic acids is 1. The molecule has 0 aliphatic rings. The third kappa shape index (κ3) is 9.64. The second-order valence-electron chi connectivity index (χ2n) is 8.58. The van der Waals surface area contributed by atoms with Crippen molar-refractivity contribution in [2.75, 3.05) is 26.7 Å². The molecule has 0 unspecified atom stereocenters. The second kappa shape index (κ2) is 9.34. The van der Waals surface area contributed by atoms with E-state index in [1.165, 1.54) is 6.04 Å². The summed E-state index contributed by atoms with van der Waals surface area (Å²) in [5.41, 5.74) is 0. The van der Waals surface area contributed by atoms with E-state index in [-0.39, 0.29) is 11.0 Å². The summed E-state index contributed by atoms with van der Waals surface area (Å²) in [5, 5.41) is 0.0735. The van der Waals surface area contributed by atoms with Crippen molar-refractivity contribution >= 4 is 22.6 Å². The average molecular weight is 362 g/mol. The highest BCUT2D eigenvalue weighted by molar-refractivity contribution is 6.75. The Balaban J connectivity index is 4.06. The average Bonchev–Trinajstić information content (AvgIpc) is 2.34. The maximum atomic E-state index is 12.1. The lowest BCUT2D eigenvalue weighted by atomic mass is 10.2. The van der Waals surface area contributed by atoms with Crippen LogP contribution in [0.1, 0.15) is 40.5 Å². The first kappa shape index (κ1) is 22.8. The molecule has 4 nitrogen and oxygen atoms in total. The smallest absolute Gasteiger partial charge is 0.293 e. The van der Waals surface area contributed by atoms with E-state index >= 15 is 0 Å². The molecule has 0 rings (SSSR count). The minimum Gasteiger partial charge on any atom is -0.519 e. The summed E-state index contributed by atoms with van der Waals surface area (Å²) in [7, 11) is -1.38. The zero-order chi connectivity index (χ0) is 18.3. The van der Waals surface area contributed by atoms with Crippen LogP contribution in [0.5, 0.6) is 0 Å². The summed E-state index contributed by atoms with van der Waals surface area (Å²) in [4.78, 5) is 14.3. The number of hydrogen-bond donors (Lipinski definition) is 0. The van der Waals surface area contributed by atoms with Gasteiger partial charge in [-0.3, -0.25) is 4.79 Å². The highest BCUT2D eigenvalue weighted by Gasteiger charge is 2.40. The standard InChI is InChI=1S/C17H39NO3Si2/c1-10-20-22(6,7)15-11-13-18(5)14-12-16(19)21-23(8,9)17(2,3)4/h10-15H2,1-9H3. The predicted octanol–water partition coefficient (Wildman–Crippen LogP) is 4.49. The van der Waals surface area contributed by atoms with Crippen molar-refractivity contribution in [1.82, 2.24) is 4.90 Å². The predicted molar refractivity (Wildman–Crippen MR) is 104 cm³/mol. The Labute approximate surface area is 146 Å². The third-order valence-corrected chi connectivity index (χ3v) is 11.7. The molecule has 0 fully saturated rings. The van der Waals surface area contributed by atoms with Crippen LogP contribution in [0.2, 0.25) is 37.3 Å². The van der Waals surface area contributed by atoms with Crippen molar-refractivity contribution in [3.8, 4) is 0 Å². The van der Waals surface area contributed by atoms with Crippen LogP contribution in [-0.4, -0.2) is 54.2 Å². The molecular formula is C17H39NO3Si2. The Morgan fingerprint density at radius 1 is 1.09 bits per heavy atom. The SMILES string of the molecule is CCO[Si](C)(C)CCCN(C)CCC(=O)O[Si](C)(C)C(C)(C)C. The Kier molecular flexibility index (Phi) is 9.27. The van der Waals surface area contributed by atoms with Crippen LogP contribution in [0.3, 0.4) is 0 Å². The zero-order valence-corrected chi connectivity index (χ0v) is 18.9. The minimum atomic E-state index is -1.98. The van der Waals surface area contributed by atoms with Gasteiger partial charge in [0.05, 0.1) is 6.42 Å². The molecule has 6 heteroatoms. The van der Waals surface area contributed by atoms with E-state index in [2.05, 4.69) is 65.8 Å². The van der Waals surface area contributed by atoms with Crippen molar-refractivity contribution in [1.29, 1.82) is 0 Å². The Bertz CT molecular complexity index is 365. The highest BCUT2D eigenvalue weighted by atomic mass is 28.4. The van der Waals surface area contributed by atoms with Gasteiger partial charge >= 0.3 is 0 Å². The van der Waals surface area contributed by atoms with E-state index in [4.69, 9.17) is 8.85 Å². The van der Waals surface area contributed by atoms with E-state index in [1.54, 1.807) is 0 Å². The van der Waals surface area contributed by atoms with Crippen molar-refractivity contribution in [2.45, 2.75) is 77.8 Å². The molecule has 0 aromatic heterocycles. The van der Waals surface area contributed by atoms with Crippen LogP contribution >= 0.6 is 0 Å². The molecule has 0 aromatic rings. The fourth-order valence-electron chi connectivity index (χ4n) is 2.12. The van der Waals surface area contributed by atoms with E-state index in [9.17, 15) is 4.79 Å². The van der Waals surface area contributed by atoms with E-state index in [0.717, 1.165) is 26.1 Å². The van der Waals surface area contributed by atoms with Crippen molar-refractivity contribution in [3.63, 3.8) is 0 Å². The maximum Gasteiger partial charge on any atom is 0.293 e. The summed E-state index contributed by atoms with van der Waals surface area (Å²) >= 11 is 0. The van der Waals surface area contributed by atoms with E-state index < -0.39 is 16.6 Å².